The van der Waals surface area contributed by atoms with Crippen LogP contribution < -0.4 is 4.72 Å². The van der Waals surface area contributed by atoms with E-state index >= 15 is 0 Å². The number of fused-ring (bicyclic) bond motifs is 1. The molecule has 1 spiro atoms. The molecule has 1 aliphatic heterocycles. The van der Waals surface area contributed by atoms with Gasteiger partial charge in [-0.05, 0) is 30.9 Å². The SMILES string of the molecule is O=S1(=O)NC2(CCCCC2)Cc2ccccc21. The lowest BCUT2D eigenvalue weighted by molar-refractivity contribution is 0.260. The van der Waals surface area contributed by atoms with E-state index in [1.54, 1.807) is 12.1 Å². The van der Waals surface area contributed by atoms with E-state index in [9.17, 15) is 8.42 Å². The number of benzene rings is 1. The largest absolute Gasteiger partial charge is 0.241 e. The molecular weight excluding hydrogens is 234 g/mol. The fraction of sp³-hybridized carbons (Fsp3) is 0.538. The highest BCUT2D eigenvalue weighted by molar-refractivity contribution is 7.89. The van der Waals surface area contributed by atoms with Gasteiger partial charge in [-0.2, -0.15) is 0 Å². The van der Waals surface area contributed by atoms with Gasteiger partial charge < -0.3 is 0 Å². The van der Waals surface area contributed by atoms with Crippen molar-refractivity contribution in [1.82, 2.24) is 4.72 Å². The van der Waals surface area contributed by atoms with Crippen LogP contribution in [-0.4, -0.2) is 14.0 Å². The smallest absolute Gasteiger partial charge is 0.207 e. The highest BCUT2D eigenvalue weighted by Crippen LogP contribution is 2.37. The van der Waals surface area contributed by atoms with E-state index in [1.807, 2.05) is 12.1 Å². The molecular formula is C13H17NO2S. The second-order valence-corrected chi connectivity index (χ2v) is 6.88. The molecule has 4 heteroatoms. The van der Waals surface area contributed by atoms with Gasteiger partial charge in [-0.25, -0.2) is 13.1 Å². The van der Waals surface area contributed by atoms with Crippen molar-refractivity contribution in [3.8, 4) is 0 Å². The third-order valence-corrected chi connectivity index (χ3v) is 5.63. The molecule has 0 aromatic heterocycles. The van der Waals surface area contributed by atoms with Gasteiger partial charge in [0.25, 0.3) is 0 Å². The third-order valence-electron chi connectivity index (χ3n) is 3.95. The van der Waals surface area contributed by atoms with Crippen LogP contribution in [0.1, 0.15) is 37.7 Å². The van der Waals surface area contributed by atoms with E-state index in [-0.39, 0.29) is 5.54 Å². The predicted molar refractivity (Wildman–Crippen MR) is 66.3 cm³/mol. The van der Waals surface area contributed by atoms with Gasteiger partial charge in [0.05, 0.1) is 4.90 Å². The van der Waals surface area contributed by atoms with Gasteiger partial charge in [0.15, 0.2) is 0 Å². The minimum Gasteiger partial charge on any atom is -0.207 e. The van der Waals surface area contributed by atoms with Crippen molar-refractivity contribution in [1.29, 1.82) is 0 Å². The summed E-state index contributed by atoms with van der Waals surface area (Å²) >= 11 is 0. The Kier molecular flexibility index (Phi) is 2.52. The maximum atomic E-state index is 12.2. The summed E-state index contributed by atoms with van der Waals surface area (Å²) < 4.78 is 27.4. The summed E-state index contributed by atoms with van der Waals surface area (Å²) in [6.45, 7) is 0. The Morgan fingerprint density at radius 1 is 1.06 bits per heavy atom. The zero-order chi connectivity index (χ0) is 11.9. The summed E-state index contributed by atoms with van der Waals surface area (Å²) in [5.41, 5.74) is 0.777. The zero-order valence-corrected chi connectivity index (χ0v) is 10.6. The first-order chi connectivity index (χ1) is 8.11. The highest BCUT2D eigenvalue weighted by atomic mass is 32.2. The maximum Gasteiger partial charge on any atom is 0.241 e. The van der Waals surface area contributed by atoms with Gasteiger partial charge in [0, 0.05) is 5.54 Å². The number of rotatable bonds is 0. The Hall–Kier alpha value is -0.870. The molecule has 0 amide bonds. The second-order valence-electron chi connectivity index (χ2n) is 5.23. The van der Waals surface area contributed by atoms with Crippen molar-refractivity contribution >= 4 is 10.0 Å². The normalized spacial score (nSPS) is 25.4. The molecule has 1 saturated carbocycles. The molecule has 2 aliphatic rings. The third kappa shape index (κ3) is 1.89. The average Bonchev–Trinajstić information content (AvgIpc) is 2.29. The molecule has 0 unspecified atom stereocenters. The van der Waals surface area contributed by atoms with E-state index < -0.39 is 10.0 Å². The fourth-order valence-electron chi connectivity index (χ4n) is 3.16. The summed E-state index contributed by atoms with van der Waals surface area (Å²) in [5, 5.41) is 0. The van der Waals surface area contributed by atoms with Gasteiger partial charge >= 0.3 is 0 Å². The molecule has 0 bridgehead atoms. The summed E-state index contributed by atoms with van der Waals surface area (Å²) in [6.07, 6.45) is 6.28. The van der Waals surface area contributed by atoms with Crippen LogP contribution in [0.25, 0.3) is 0 Å². The lowest BCUT2D eigenvalue weighted by Crippen LogP contribution is -2.54. The van der Waals surface area contributed by atoms with Crippen molar-refractivity contribution in [3.63, 3.8) is 0 Å². The monoisotopic (exact) mass is 251 g/mol. The van der Waals surface area contributed by atoms with Gasteiger partial charge in [0.2, 0.25) is 10.0 Å². The first-order valence-electron chi connectivity index (χ1n) is 6.23. The molecule has 1 aromatic carbocycles. The molecule has 1 fully saturated rings. The van der Waals surface area contributed by atoms with Crippen LogP contribution in [0.15, 0.2) is 29.2 Å². The Labute approximate surface area is 102 Å². The summed E-state index contributed by atoms with van der Waals surface area (Å²) in [6, 6.07) is 7.37. The van der Waals surface area contributed by atoms with Gasteiger partial charge in [0.1, 0.15) is 0 Å². The molecule has 92 valence electrons. The van der Waals surface area contributed by atoms with E-state index in [0.29, 0.717) is 4.90 Å². The number of hydrogen-bond acceptors (Lipinski definition) is 2. The molecule has 1 N–H and O–H groups in total. The molecule has 3 nitrogen and oxygen atoms in total. The van der Waals surface area contributed by atoms with Crippen molar-refractivity contribution in [2.75, 3.05) is 0 Å². The van der Waals surface area contributed by atoms with Gasteiger partial charge in [-0.15, -0.1) is 0 Å². The van der Waals surface area contributed by atoms with Crippen LogP contribution in [-0.2, 0) is 16.4 Å². The lowest BCUT2D eigenvalue weighted by atomic mass is 9.78. The molecule has 17 heavy (non-hydrogen) atoms. The van der Waals surface area contributed by atoms with Crippen LogP contribution in [0.2, 0.25) is 0 Å². The summed E-state index contributed by atoms with van der Waals surface area (Å²) in [4.78, 5) is 0.469. The molecule has 1 heterocycles. The minimum absolute atomic E-state index is 0.203. The lowest BCUT2D eigenvalue weighted by Gasteiger charge is -2.41. The molecule has 0 radical (unpaired) electrons. The Morgan fingerprint density at radius 3 is 2.53 bits per heavy atom. The van der Waals surface area contributed by atoms with E-state index in [0.717, 1.165) is 37.7 Å². The van der Waals surface area contributed by atoms with Crippen LogP contribution in [0.3, 0.4) is 0 Å². The van der Waals surface area contributed by atoms with E-state index in [4.69, 9.17) is 0 Å². The van der Waals surface area contributed by atoms with Crippen LogP contribution in [0, 0.1) is 0 Å². The topological polar surface area (TPSA) is 46.2 Å². The first kappa shape index (κ1) is 11.2. The van der Waals surface area contributed by atoms with Crippen LogP contribution in [0.4, 0.5) is 0 Å². The molecule has 0 saturated heterocycles. The minimum atomic E-state index is -3.30. The van der Waals surface area contributed by atoms with Gasteiger partial charge in [-0.3, -0.25) is 0 Å². The maximum absolute atomic E-state index is 12.2. The van der Waals surface area contributed by atoms with E-state index in [2.05, 4.69) is 4.72 Å². The van der Waals surface area contributed by atoms with Crippen LogP contribution >= 0.6 is 0 Å². The summed E-state index contributed by atoms with van der Waals surface area (Å²) in [5.74, 6) is 0. The van der Waals surface area contributed by atoms with Crippen molar-refractivity contribution in [2.24, 2.45) is 0 Å². The predicted octanol–water partition coefficient (Wildman–Crippen LogP) is 2.22. The molecule has 1 aliphatic carbocycles. The number of nitrogens with one attached hydrogen (secondary N) is 1. The molecule has 0 atom stereocenters. The summed E-state index contributed by atoms with van der Waals surface area (Å²) in [7, 11) is -3.30. The Morgan fingerprint density at radius 2 is 1.76 bits per heavy atom. The highest BCUT2D eigenvalue weighted by Gasteiger charge is 2.41. The Balaban J connectivity index is 2.07. The quantitative estimate of drug-likeness (QED) is 0.768. The zero-order valence-electron chi connectivity index (χ0n) is 9.78. The number of sulfonamides is 1. The van der Waals surface area contributed by atoms with Crippen LogP contribution in [0.5, 0.6) is 0 Å². The molecule has 1 aromatic rings. The fourth-order valence-corrected chi connectivity index (χ4v) is 4.86. The van der Waals surface area contributed by atoms with E-state index in [1.165, 1.54) is 6.42 Å². The van der Waals surface area contributed by atoms with Crippen molar-refractivity contribution in [2.45, 2.75) is 49.0 Å². The van der Waals surface area contributed by atoms with Crippen molar-refractivity contribution < 1.29 is 8.42 Å². The standard InChI is InChI=1S/C13H17NO2S/c15-17(16)12-7-3-2-6-11(12)10-13(14-17)8-4-1-5-9-13/h2-3,6-7,14H,1,4-5,8-10H2. The first-order valence-corrected chi connectivity index (χ1v) is 7.72. The Bertz CT molecular complexity index is 530. The average molecular weight is 251 g/mol. The molecule has 3 rings (SSSR count). The van der Waals surface area contributed by atoms with Crippen molar-refractivity contribution in [3.05, 3.63) is 29.8 Å². The number of hydrogen-bond donors (Lipinski definition) is 1. The van der Waals surface area contributed by atoms with Gasteiger partial charge in [-0.1, -0.05) is 37.5 Å². The second kappa shape index (κ2) is 3.82.